The average molecular weight is 261 g/mol. The third-order valence-corrected chi connectivity index (χ3v) is 2.86. The molecule has 0 atom stereocenters. The molecular weight excluding hydrogens is 249 g/mol. The first-order valence-electron chi connectivity index (χ1n) is 6.00. The van der Waals surface area contributed by atoms with E-state index >= 15 is 0 Å². The van der Waals surface area contributed by atoms with Crippen LogP contribution in [0.2, 0.25) is 0 Å². The van der Waals surface area contributed by atoms with Crippen molar-refractivity contribution in [2.24, 2.45) is 0 Å². The van der Waals surface area contributed by atoms with Gasteiger partial charge in [-0.05, 0) is 12.1 Å². The number of benzene rings is 1. The van der Waals surface area contributed by atoms with Crippen LogP contribution in [0.5, 0.6) is 5.88 Å². The molecule has 0 radical (unpaired) electrons. The summed E-state index contributed by atoms with van der Waals surface area (Å²) in [7, 11) is 0. The van der Waals surface area contributed by atoms with E-state index in [0.29, 0.717) is 12.5 Å². The molecular formula is C13H12FN3O2. The zero-order valence-corrected chi connectivity index (χ0v) is 10.1. The van der Waals surface area contributed by atoms with Crippen LogP contribution in [-0.4, -0.2) is 22.3 Å². The largest absolute Gasteiger partial charge is 0.478 e. The highest BCUT2D eigenvalue weighted by Gasteiger charge is 2.18. The summed E-state index contributed by atoms with van der Waals surface area (Å²) in [6.07, 6.45) is 0.864. The summed E-state index contributed by atoms with van der Waals surface area (Å²) in [5.41, 5.74) is 0.361. The molecule has 0 saturated carbocycles. The molecule has 1 aliphatic rings. The summed E-state index contributed by atoms with van der Waals surface area (Å²) in [6, 6.07) is 7.57. The molecule has 1 aromatic heterocycles. The van der Waals surface area contributed by atoms with Crippen molar-refractivity contribution in [2.45, 2.75) is 13.0 Å². The van der Waals surface area contributed by atoms with Gasteiger partial charge in [0, 0.05) is 19.0 Å². The average Bonchev–Trinajstić information content (AvgIpc) is 2.85. The van der Waals surface area contributed by atoms with Crippen LogP contribution in [0, 0.1) is 5.82 Å². The number of aryl methyl sites for hydroxylation is 1. The van der Waals surface area contributed by atoms with Crippen molar-refractivity contribution in [2.75, 3.05) is 11.9 Å². The Labute approximate surface area is 109 Å². The van der Waals surface area contributed by atoms with Crippen LogP contribution in [0.4, 0.5) is 10.1 Å². The molecule has 0 spiro atoms. The molecule has 6 heteroatoms. The third-order valence-electron chi connectivity index (χ3n) is 2.86. The van der Waals surface area contributed by atoms with Gasteiger partial charge in [-0.15, -0.1) is 0 Å². The van der Waals surface area contributed by atoms with Gasteiger partial charge in [0.05, 0.1) is 12.3 Å². The maximum absolute atomic E-state index is 13.4. The van der Waals surface area contributed by atoms with E-state index in [9.17, 15) is 9.18 Å². The van der Waals surface area contributed by atoms with Gasteiger partial charge in [-0.1, -0.05) is 12.1 Å². The lowest BCUT2D eigenvalue weighted by Gasteiger charge is -2.13. The number of nitrogens with zero attached hydrogens (tertiary/aromatic N) is 2. The summed E-state index contributed by atoms with van der Waals surface area (Å²) >= 11 is 0. The van der Waals surface area contributed by atoms with Gasteiger partial charge in [0.15, 0.2) is 5.69 Å². The van der Waals surface area contributed by atoms with Gasteiger partial charge in [-0.25, -0.2) is 9.07 Å². The smallest absolute Gasteiger partial charge is 0.276 e. The van der Waals surface area contributed by atoms with Crippen molar-refractivity contribution < 1.29 is 13.9 Å². The molecule has 0 fully saturated rings. The molecule has 1 amide bonds. The van der Waals surface area contributed by atoms with E-state index < -0.39 is 11.7 Å². The van der Waals surface area contributed by atoms with Crippen molar-refractivity contribution >= 4 is 11.6 Å². The molecule has 1 aromatic carbocycles. The third kappa shape index (κ3) is 2.29. The van der Waals surface area contributed by atoms with Crippen molar-refractivity contribution in [1.82, 2.24) is 9.78 Å². The van der Waals surface area contributed by atoms with Crippen LogP contribution in [0.25, 0.3) is 0 Å². The van der Waals surface area contributed by atoms with E-state index in [1.807, 2.05) is 0 Å². The van der Waals surface area contributed by atoms with Gasteiger partial charge in [0.25, 0.3) is 5.91 Å². The van der Waals surface area contributed by atoms with E-state index in [0.717, 1.165) is 13.0 Å². The van der Waals surface area contributed by atoms with Gasteiger partial charge in [0.1, 0.15) is 5.82 Å². The molecule has 0 unspecified atom stereocenters. The Kier molecular flexibility index (Phi) is 2.91. The Hall–Kier alpha value is -2.37. The lowest BCUT2D eigenvalue weighted by atomic mass is 10.3. The van der Waals surface area contributed by atoms with Gasteiger partial charge >= 0.3 is 0 Å². The van der Waals surface area contributed by atoms with Crippen molar-refractivity contribution in [1.29, 1.82) is 0 Å². The van der Waals surface area contributed by atoms with Crippen LogP contribution in [0.1, 0.15) is 16.9 Å². The molecule has 98 valence electrons. The Balaban J connectivity index is 1.81. The standard InChI is InChI=1S/C13H12FN3O2/c14-9-4-1-2-5-10(9)15-13(18)11-8-12-17(16-11)6-3-7-19-12/h1-2,4-5,8H,3,6-7H2,(H,15,18). The van der Waals surface area contributed by atoms with E-state index in [1.54, 1.807) is 22.9 Å². The second-order valence-corrected chi connectivity index (χ2v) is 4.23. The zero-order valence-electron chi connectivity index (χ0n) is 10.1. The topological polar surface area (TPSA) is 56.2 Å². The number of halogens is 1. The predicted molar refractivity (Wildman–Crippen MR) is 66.7 cm³/mol. The molecule has 0 saturated heterocycles. The first-order valence-corrected chi connectivity index (χ1v) is 6.00. The normalized spacial score (nSPS) is 13.5. The summed E-state index contributed by atoms with van der Waals surface area (Å²) in [4.78, 5) is 12.0. The van der Waals surface area contributed by atoms with E-state index in [1.165, 1.54) is 12.1 Å². The van der Waals surface area contributed by atoms with Gasteiger partial charge in [0.2, 0.25) is 5.88 Å². The lowest BCUT2D eigenvalue weighted by molar-refractivity contribution is 0.102. The highest BCUT2D eigenvalue weighted by Crippen LogP contribution is 2.20. The molecule has 19 heavy (non-hydrogen) atoms. The number of rotatable bonds is 2. The fourth-order valence-electron chi connectivity index (χ4n) is 1.93. The Bertz CT molecular complexity index is 601. The minimum Gasteiger partial charge on any atom is -0.478 e. The number of aromatic nitrogens is 2. The number of anilines is 1. The highest BCUT2D eigenvalue weighted by atomic mass is 19.1. The van der Waals surface area contributed by atoms with Crippen LogP contribution in [0.15, 0.2) is 30.3 Å². The van der Waals surface area contributed by atoms with Crippen LogP contribution < -0.4 is 10.1 Å². The molecule has 3 rings (SSSR count). The highest BCUT2D eigenvalue weighted by molar-refractivity contribution is 6.03. The van der Waals surface area contributed by atoms with Crippen LogP contribution >= 0.6 is 0 Å². The summed E-state index contributed by atoms with van der Waals surface area (Å²) < 4.78 is 20.4. The number of hydrogen-bond acceptors (Lipinski definition) is 3. The van der Waals surface area contributed by atoms with Gasteiger partial charge < -0.3 is 10.1 Å². The SMILES string of the molecule is O=C(Nc1ccccc1F)c1cc2n(n1)CCCO2. The second kappa shape index (κ2) is 4.72. The Morgan fingerprint density at radius 3 is 3.05 bits per heavy atom. The van der Waals surface area contributed by atoms with Gasteiger partial charge in [-0.2, -0.15) is 5.10 Å². The first kappa shape index (κ1) is 11.7. The quantitative estimate of drug-likeness (QED) is 0.900. The fraction of sp³-hybridized carbons (Fsp3) is 0.231. The molecule has 0 bridgehead atoms. The number of hydrogen-bond donors (Lipinski definition) is 1. The monoisotopic (exact) mass is 261 g/mol. The second-order valence-electron chi connectivity index (χ2n) is 4.23. The number of ether oxygens (including phenoxy) is 1. The maximum atomic E-state index is 13.4. The molecule has 0 aliphatic carbocycles. The maximum Gasteiger partial charge on any atom is 0.276 e. The molecule has 5 nitrogen and oxygen atoms in total. The summed E-state index contributed by atoms with van der Waals surface area (Å²) in [5.74, 6) is -0.350. The van der Waals surface area contributed by atoms with Crippen molar-refractivity contribution in [3.63, 3.8) is 0 Å². The molecule has 1 N–H and O–H groups in total. The minimum atomic E-state index is -0.476. The van der Waals surface area contributed by atoms with E-state index in [2.05, 4.69) is 10.4 Å². The van der Waals surface area contributed by atoms with Crippen molar-refractivity contribution in [3.05, 3.63) is 41.8 Å². The predicted octanol–water partition coefficient (Wildman–Crippen LogP) is 2.06. The molecule has 2 heterocycles. The zero-order chi connectivity index (χ0) is 13.2. The number of fused-ring (bicyclic) bond motifs is 1. The number of nitrogens with one attached hydrogen (secondary N) is 1. The van der Waals surface area contributed by atoms with Crippen LogP contribution in [-0.2, 0) is 6.54 Å². The summed E-state index contributed by atoms with van der Waals surface area (Å²) in [5, 5.41) is 6.62. The molecule has 2 aromatic rings. The minimum absolute atomic E-state index is 0.138. The number of carbonyl (C=O) groups is 1. The van der Waals surface area contributed by atoms with E-state index in [4.69, 9.17) is 4.74 Å². The van der Waals surface area contributed by atoms with Crippen molar-refractivity contribution in [3.8, 4) is 5.88 Å². The Morgan fingerprint density at radius 2 is 2.26 bits per heavy atom. The van der Waals surface area contributed by atoms with E-state index in [-0.39, 0.29) is 11.4 Å². The summed E-state index contributed by atoms with van der Waals surface area (Å²) in [6.45, 7) is 1.35. The first-order chi connectivity index (χ1) is 9.24. The number of para-hydroxylation sites is 1. The number of carbonyl (C=O) groups excluding carboxylic acids is 1. The van der Waals surface area contributed by atoms with Crippen LogP contribution in [0.3, 0.4) is 0 Å². The number of amides is 1. The fourth-order valence-corrected chi connectivity index (χ4v) is 1.93. The molecule has 1 aliphatic heterocycles. The Morgan fingerprint density at radius 1 is 1.42 bits per heavy atom. The lowest BCUT2D eigenvalue weighted by Crippen LogP contribution is -2.16. The van der Waals surface area contributed by atoms with Gasteiger partial charge in [-0.3, -0.25) is 4.79 Å².